The summed E-state index contributed by atoms with van der Waals surface area (Å²) < 4.78 is 10.8. The topological polar surface area (TPSA) is 72.6 Å². The van der Waals surface area contributed by atoms with Gasteiger partial charge in [-0.15, -0.1) is 0 Å². The normalized spacial score (nSPS) is 10.4. The van der Waals surface area contributed by atoms with Gasteiger partial charge in [0.25, 0.3) is 0 Å². The van der Waals surface area contributed by atoms with Gasteiger partial charge in [-0.25, -0.2) is 4.98 Å². The van der Waals surface area contributed by atoms with Crippen LogP contribution >= 0.6 is 0 Å². The molecule has 0 spiro atoms. The van der Waals surface area contributed by atoms with Crippen molar-refractivity contribution in [1.29, 1.82) is 0 Å². The maximum atomic E-state index is 10.5. The predicted octanol–water partition coefficient (Wildman–Crippen LogP) is 2.68. The van der Waals surface area contributed by atoms with Crippen LogP contribution in [0.5, 0.6) is 5.75 Å². The van der Waals surface area contributed by atoms with Crippen molar-refractivity contribution in [3.05, 3.63) is 35.7 Å². The molecule has 0 unspecified atom stereocenters. The number of benzene rings is 1. The zero-order valence-corrected chi connectivity index (χ0v) is 10.8. The number of aromatic nitrogens is 1. The second-order valence-electron chi connectivity index (χ2n) is 4.23. The molecule has 1 heterocycles. The van der Waals surface area contributed by atoms with Crippen LogP contribution in [0, 0.1) is 6.92 Å². The minimum absolute atomic E-state index is 0.0274. The molecular formula is C14H15NO4. The summed E-state index contributed by atoms with van der Waals surface area (Å²) in [5.74, 6) is 0.824. The highest BCUT2D eigenvalue weighted by atomic mass is 16.5. The van der Waals surface area contributed by atoms with Crippen LogP contribution in [0.25, 0.3) is 11.5 Å². The van der Waals surface area contributed by atoms with Crippen LogP contribution in [0.3, 0.4) is 0 Å². The van der Waals surface area contributed by atoms with E-state index < -0.39 is 5.97 Å². The van der Waals surface area contributed by atoms with E-state index in [-0.39, 0.29) is 6.42 Å². The molecule has 0 aliphatic carbocycles. The number of aliphatic carboxylic acids is 1. The number of methoxy groups -OCH3 is 1. The molecule has 0 radical (unpaired) electrons. The third-order valence-corrected chi connectivity index (χ3v) is 2.72. The number of aryl methyl sites for hydroxylation is 2. The highest BCUT2D eigenvalue weighted by Crippen LogP contribution is 2.30. The first-order valence-electron chi connectivity index (χ1n) is 5.91. The Morgan fingerprint density at radius 1 is 1.47 bits per heavy atom. The summed E-state index contributed by atoms with van der Waals surface area (Å²) in [5.41, 5.74) is 1.84. The number of nitrogens with zero attached hydrogens (tertiary/aromatic N) is 1. The lowest BCUT2D eigenvalue weighted by Gasteiger charge is -2.06. The van der Waals surface area contributed by atoms with Gasteiger partial charge in [-0.1, -0.05) is 11.6 Å². The molecule has 0 aliphatic rings. The third-order valence-electron chi connectivity index (χ3n) is 2.72. The number of carboxylic acids is 1. The Morgan fingerprint density at radius 2 is 2.26 bits per heavy atom. The van der Waals surface area contributed by atoms with Crippen molar-refractivity contribution in [3.63, 3.8) is 0 Å². The van der Waals surface area contributed by atoms with E-state index in [1.165, 1.54) is 0 Å². The maximum Gasteiger partial charge on any atom is 0.303 e. The summed E-state index contributed by atoms with van der Waals surface area (Å²) in [5, 5.41) is 8.64. The van der Waals surface area contributed by atoms with Gasteiger partial charge in [-0.05, 0) is 19.1 Å². The van der Waals surface area contributed by atoms with Crippen LogP contribution in [0.4, 0.5) is 0 Å². The molecule has 0 atom stereocenters. The Morgan fingerprint density at radius 3 is 2.95 bits per heavy atom. The zero-order valence-electron chi connectivity index (χ0n) is 10.8. The molecule has 0 amide bonds. The van der Waals surface area contributed by atoms with Gasteiger partial charge in [0.2, 0.25) is 5.89 Å². The summed E-state index contributed by atoms with van der Waals surface area (Å²) in [6.45, 7) is 1.97. The zero-order chi connectivity index (χ0) is 13.8. The first kappa shape index (κ1) is 13.1. The average molecular weight is 261 g/mol. The van der Waals surface area contributed by atoms with Gasteiger partial charge in [0.15, 0.2) is 0 Å². The summed E-state index contributed by atoms with van der Waals surface area (Å²) in [7, 11) is 1.59. The number of oxazole rings is 1. The minimum Gasteiger partial charge on any atom is -0.496 e. The minimum atomic E-state index is -0.855. The highest BCUT2D eigenvalue weighted by molar-refractivity contribution is 5.67. The molecule has 0 aliphatic heterocycles. The predicted molar refractivity (Wildman–Crippen MR) is 69.2 cm³/mol. The van der Waals surface area contributed by atoms with Crippen LogP contribution < -0.4 is 4.74 Å². The summed E-state index contributed by atoms with van der Waals surface area (Å²) >= 11 is 0. The fourth-order valence-electron chi connectivity index (χ4n) is 1.77. The van der Waals surface area contributed by atoms with E-state index in [0.29, 0.717) is 23.8 Å². The van der Waals surface area contributed by atoms with E-state index in [1.54, 1.807) is 13.3 Å². The van der Waals surface area contributed by atoms with Crippen molar-refractivity contribution in [3.8, 4) is 17.2 Å². The molecule has 19 heavy (non-hydrogen) atoms. The van der Waals surface area contributed by atoms with Crippen LogP contribution in [0.15, 0.2) is 28.8 Å². The van der Waals surface area contributed by atoms with Gasteiger partial charge in [-0.3, -0.25) is 4.79 Å². The largest absolute Gasteiger partial charge is 0.496 e. The van der Waals surface area contributed by atoms with Gasteiger partial charge < -0.3 is 14.3 Å². The number of carboxylic acid groups (broad SMARTS) is 1. The molecule has 2 rings (SSSR count). The molecule has 2 aromatic rings. The van der Waals surface area contributed by atoms with E-state index >= 15 is 0 Å². The van der Waals surface area contributed by atoms with Crippen molar-refractivity contribution < 1.29 is 19.1 Å². The van der Waals surface area contributed by atoms with Crippen LogP contribution in [0.2, 0.25) is 0 Å². The van der Waals surface area contributed by atoms with Crippen molar-refractivity contribution >= 4 is 5.97 Å². The molecule has 5 heteroatoms. The third kappa shape index (κ3) is 3.13. The summed E-state index contributed by atoms with van der Waals surface area (Å²) in [4.78, 5) is 14.7. The monoisotopic (exact) mass is 261 g/mol. The second-order valence-corrected chi connectivity index (χ2v) is 4.23. The average Bonchev–Trinajstić information content (AvgIpc) is 2.85. The smallest absolute Gasteiger partial charge is 0.303 e. The van der Waals surface area contributed by atoms with E-state index in [4.69, 9.17) is 14.3 Å². The number of ether oxygens (including phenoxy) is 1. The number of hydrogen-bond donors (Lipinski definition) is 1. The molecule has 0 saturated carbocycles. The molecule has 1 aromatic carbocycles. The molecule has 0 bridgehead atoms. The van der Waals surface area contributed by atoms with Gasteiger partial charge in [-0.2, -0.15) is 0 Å². The van der Waals surface area contributed by atoms with E-state index in [1.807, 2.05) is 25.1 Å². The Hall–Kier alpha value is -2.30. The number of carbonyl (C=O) groups is 1. The van der Waals surface area contributed by atoms with Crippen LogP contribution in [-0.2, 0) is 11.2 Å². The number of hydrogen-bond acceptors (Lipinski definition) is 4. The Labute approximate surface area is 110 Å². The van der Waals surface area contributed by atoms with Gasteiger partial charge >= 0.3 is 5.97 Å². The fraction of sp³-hybridized carbons (Fsp3) is 0.286. The fourth-order valence-corrected chi connectivity index (χ4v) is 1.77. The van der Waals surface area contributed by atoms with Crippen LogP contribution in [0.1, 0.15) is 17.7 Å². The SMILES string of the molecule is COc1ccc(C)cc1-c1ncc(CCC(=O)O)o1. The lowest BCUT2D eigenvalue weighted by atomic mass is 10.1. The van der Waals surface area contributed by atoms with Gasteiger partial charge in [0.1, 0.15) is 11.5 Å². The molecular weight excluding hydrogens is 246 g/mol. The Balaban J connectivity index is 2.27. The van der Waals surface area contributed by atoms with Crippen molar-refractivity contribution in [2.45, 2.75) is 19.8 Å². The molecule has 0 fully saturated rings. The maximum absolute atomic E-state index is 10.5. The lowest BCUT2D eigenvalue weighted by molar-refractivity contribution is -0.137. The van der Waals surface area contributed by atoms with E-state index in [2.05, 4.69) is 4.98 Å². The van der Waals surface area contributed by atoms with E-state index in [9.17, 15) is 4.79 Å². The summed E-state index contributed by atoms with van der Waals surface area (Å²) in [6, 6.07) is 5.72. The van der Waals surface area contributed by atoms with Crippen molar-refractivity contribution in [2.75, 3.05) is 7.11 Å². The quantitative estimate of drug-likeness (QED) is 0.895. The van der Waals surface area contributed by atoms with Gasteiger partial charge in [0.05, 0.1) is 25.3 Å². The standard InChI is InChI=1S/C14H15NO4/c1-9-3-5-12(18-2)11(7-9)14-15-8-10(19-14)4-6-13(16)17/h3,5,7-8H,4,6H2,1-2H3,(H,16,17). The van der Waals surface area contributed by atoms with Crippen molar-refractivity contribution in [2.24, 2.45) is 0 Å². The molecule has 1 aromatic heterocycles. The van der Waals surface area contributed by atoms with Crippen molar-refractivity contribution in [1.82, 2.24) is 4.98 Å². The lowest BCUT2D eigenvalue weighted by Crippen LogP contribution is -1.96. The second kappa shape index (κ2) is 5.56. The molecule has 1 N–H and O–H groups in total. The first-order chi connectivity index (χ1) is 9.10. The Bertz CT molecular complexity index is 589. The Kier molecular flexibility index (Phi) is 3.85. The van der Waals surface area contributed by atoms with Gasteiger partial charge in [0, 0.05) is 6.42 Å². The van der Waals surface area contributed by atoms with Crippen LogP contribution in [-0.4, -0.2) is 23.2 Å². The molecule has 100 valence electrons. The number of rotatable bonds is 5. The van der Waals surface area contributed by atoms with E-state index in [0.717, 1.165) is 11.1 Å². The highest BCUT2D eigenvalue weighted by Gasteiger charge is 2.13. The summed E-state index contributed by atoms with van der Waals surface area (Å²) in [6.07, 6.45) is 1.91. The molecule has 0 saturated heterocycles. The molecule has 5 nitrogen and oxygen atoms in total. The first-order valence-corrected chi connectivity index (χ1v) is 5.91.